The van der Waals surface area contributed by atoms with Crippen LogP contribution in [0.3, 0.4) is 0 Å². The number of nitrogens with one attached hydrogen (secondary N) is 2. The molecule has 2 rings (SSSR count). The molecular weight excluding hydrogens is 240 g/mol. The summed E-state index contributed by atoms with van der Waals surface area (Å²) in [6, 6.07) is 0. The average Bonchev–Trinajstić information content (AvgIpc) is 2.87. The lowest BCUT2D eigenvalue weighted by atomic mass is 10.1. The molecule has 0 bridgehead atoms. The van der Waals surface area contributed by atoms with Crippen molar-refractivity contribution in [1.82, 2.24) is 25.6 Å². The molecule has 0 aromatic carbocycles. The van der Waals surface area contributed by atoms with E-state index < -0.39 is 0 Å². The van der Waals surface area contributed by atoms with Crippen LogP contribution in [-0.2, 0) is 6.42 Å². The number of nitrogens with zero attached hydrogens (tertiary/aromatic N) is 4. The Bertz CT molecular complexity index is 491. The quantitative estimate of drug-likeness (QED) is 0.849. The van der Waals surface area contributed by atoms with Crippen LogP contribution in [0, 0.1) is 5.92 Å². The van der Waals surface area contributed by atoms with Crippen molar-refractivity contribution in [2.75, 3.05) is 5.32 Å². The largest absolute Gasteiger partial charge is 0.295 e. The Hall–Kier alpha value is -1.83. The Balaban J connectivity index is 1.99. The molecule has 0 radical (unpaired) electrons. The van der Waals surface area contributed by atoms with Gasteiger partial charge in [0.25, 0.3) is 5.91 Å². The van der Waals surface area contributed by atoms with Crippen molar-refractivity contribution in [1.29, 1.82) is 0 Å². The first-order chi connectivity index (χ1) is 8.15. The molecule has 0 spiro atoms. The van der Waals surface area contributed by atoms with Crippen LogP contribution < -0.4 is 5.32 Å². The predicted octanol–water partition coefficient (Wildman–Crippen LogP) is 1.11. The molecule has 0 saturated heterocycles. The summed E-state index contributed by atoms with van der Waals surface area (Å²) in [7, 11) is 0. The van der Waals surface area contributed by atoms with Crippen molar-refractivity contribution in [3.63, 3.8) is 0 Å². The van der Waals surface area contributed by atoms with E-state index in [1.165, 1.54) is 17.5 Å². The Morgan fingerprint density at radius 2 is 2.35 bits per heavy atom. The fraction of sp³-hybridized carbons (Fsp3) is 0.444. The zero-order valence-corrected chi connectivity index (χ0v) is 10.3. The molecule has 0 aliphatic rings. The Labute approximate surface area is 102 Å². The minimum Gasteiger partial charge on any atom is -0.295 e. The molecule has 2 aromatic heterocycles. The number of aromatic amines is 1. The Kier molecular flexibility index (Phi) is 3.43. The van der Waals surface area contributed by atoms with Crippen molar-refractivity contribution in [3.05, 3.63) is 16.9 Å². The van der Waals surface area contributed by atoms with Crippen molar-refractivity contribution in [2.24, 2.45) is 5.92 Å². The molecular formula is C9H12N6OS. The molecule has 2 aromatic rings. The van der Waals surface area contributed by atoms with Gasteiger partial charge < -0.3 is 0 Å². The molecule has 0 atom stereocenters. The molecule has 0 fully saturated rings. The summed E-state index contributed by atoms with van der Waals surface area (Å²) in [4.78, 5) is 11.6. The van der Waals surface area contributed by atoms with E-state index in [0.29, 0.717) is 11.0 Å². The maximum Gasteiger partial charge on any atom is 0.279 e. The van der Waals surface area contributed by atoms with E-state index in [9.17, 15) is 4.79 Å². The summed E-state index contributed by atoms with van der Waals surface area (Å²) in [5, 5.41) is 21.5. The number of carbonyl (C=O) groups excluding carboxylic acids is 1. The van der Waals surface area contributed by atoms with Gasteiger partial charge in [-0.15, -0.1) is 10.2 Å². The number of aromatic nitrogens is 5. The lowest BCUT2D eigenvalue weighted by molar-refractivity contribution is 0.102. The van der Waals surface area contributed by atoms with E-state index in [-0.39, 0.29) is 11.6 Å². The molecule has 8 heteroatoms. The molecule has 2 heterocycles. The number of carbonyl (C=O) groups is 1. The number of rotatable bonds is 4. The summed E-state index contributed by atoms with van der Waals surface area (Å²) < 4.78 is 0. The normalized spacial score (nSPS) is 10.8. The molecule has 0 aliphatic carbocycles. The Morgan fingerprint density at radius 1 is 1.53 bits per heavy atom. The topological polar surface area (TPSA) is 96.5 Å². The first-order valence-corrected chi connectivity index (χ1v) is 5.96. The molecule has 2 N–H and O–H groups in total. The van der Waals surface area contributed by atoms with Gasteiger partial charge in [0.1, 0.15) is 5.01 Å². The van der Waals surface area contributed by atoms with Crippen LogP contribution in [0.1, 0.15) is 29.3 Å². The van der Waals surface area contributed by atoms with Crippen LogP contribution in [0.25, 0.3) is 0 Å². The maximum absolute atomic E-state index is 11.6. The highest BCUT2D eigenvalue weighted by Crippen LogP contribution is 2.18. The van der Waals surface area contributed by atoms with E-state index in [0.717, 1.165) is 11.4 Å². The monoisotopic (exact) mass is 252 g/mol. The lowest BCUT2D eigenvalue weighted by Crippen LogP contribution is -2.12. The van der Waals surface area contributed by atoms with Gasteiger partial charge >= 0.3 is 0 Å². The molecule has 17 heavy (non-hydrogen) atoms. The standard InChI is InChI=1S/C9H12N6OS/c1-5(2)3-7-13-14-9(17-7)11-8(16)6-4-10-15-12-6/h4-5H,3H2,1-2H3,(H,10,12,15)(H,11,14,16). The number of hydrogen-bond donors (Lipinski definition) is 2. The minimum atomic E-state index is -0.342. The van der Waals surface area contributed by atoms with Gasteiger partial charge in [-0.3, -0.25) is 10.1 Å². The fourth-order valence-corrected chi connectivity index (χ4v) is 2.15. The first kappa shape index (κ1) is 11.6. The van der Waals surface area contributed by atoms with Crippen LogP contribution in [0.2, 0.25) is 0 Å². The average molecular weight is 252 g/mol. The molecule has 1 amide bonds. The second kappa shape index (κ2) is 5.00. The summed E-state index contributed by atoms with van der Waals surface area (Å²) in [6.07, 6.45) is 2.21. The fourth-order valence-electron chi connectivity index (χ4n) is 1.21. The molecule has 90 valence electrons. The Morgan fingerprint density at radius 3 is 3.00 bits per heavy atom. The van der Waals surface area contributed by atoms with Crippen LogP contribution in [-0.4, -0.2) is 31.5 Å². The zero-order valence-electron chi connectivity index (χ0n) is 9.47. The van der Waals surface area contributed by atoms with E-state index in [4.69, 9.17) is 0 Å². The highest BCUT2D eigenvalue weighted by atomic mass is 32.1. The van der Waals surface area contributed by atoms with Crippen LogP contribution in [0.15, 0.2) is 6.20 Å². The molecule has 0 unspecified atom stereocenters. The van der Waals surface area contributed by atoms with Crippen molar-refractivity contribution in [3.8, 4) is 0 Å². The molecule has 0 saturated carbocycles. The third-order valence-corrected chi connectivity index (χ3v) is 2.78. The summed E-state index contributed by atoms with van der Waals surface area (Å²) in [5.41, 5.74) is 0.227. The van der Waals surface area contributed by atoms with E-state index in [2.05, 4.69) is 44.8 Å². The lowest BCUT2D eigenvalue weighted by Gasteiger charge is -1.97. The van der Waals surface area contributed by atoms with Crippen molar-refractivity contribution >= 4 is 22.4 Å². The molecule has 0 aliphatic heterocycles. The van der Waals surface area contributed by atoms with Gasteiger partial charge in [0, 0.05) is 6.42 Å². The number of amides is 1. The van der Waals surface area contributed by atoms with Crippen LogP contribution in [0.4, 0.5) is 5.13 Å². The van der Waals surface area contributed by atoms with Crippen molar-refractivity contribution in [2.45, 2.75) is 20.3 Å². The highest BCUT2D eigenvalue weighted by Gasteiger charge is 2.12. The minimum absolute atomic E-state index is 0.227. The second-order valence-corrected chi connectivity index (χ2v) is 4.97. The number of H-pyrrole nitrogens is 1. The second-order valence-electron chi connectivity index (χ2n) is 3.91. The SMILES string of the molecule is CC(C)Cc1nnc(NC(=O)c2cn[nH]n2)s1. The summed E-state index contributed by atoms with van der Waals surface area (Å²) in [5.74, 6) is 0.174. The van der Waals surface area contributed by atoms with Crippen LogP contribution >= 0.6 is 11.3 Å². The smallest absolute Gasteiger partial charge is 0.279 e. The van der Waals surface area contributed by atoms with Gasteiger partial charge in [-0.25, -0.2) is 0 Å². The number of hydrogen-bond acceptors (Lipinski definition) is 6. The van der Waals surface area contributed by atoms with Gasteiger partial charge in [0.15, 0.2) is 5.69 Å². The maximum atomic E-state index is 11.6. The van der Waals surface area contributed by atoms with Gasteiger partial charge in [0.2, 0.25) is 5.13 Å². The van der Waals surface area contributed by atoms with E-state index in [1.54, 1.807) is 0 Å². The summed E-state index contributed by atoms with van der Waals surface area (Å²) >= 11 is 1.37. The van der Waals surface area contributed by atoms with Crippen molar-refractivity contribution < 1.29 is 4.79 Å². The van der Waals surface area contributed by atoms with Gasteiger partial charge in [0.05, 0.1) is 6.20 Å². The van der Waals surface area contributed by atoms with Gasteiger partial charge in [-0.1, -0.05) is 25.2 Å². The molecule has 7 nitrogen and oxygen atoms in total. The van der Waals surface area contributed by atoms with Gasteiger partial charge in [-0.05, 0) is 5.92 Å². The highest BCUT2D eigenvalue weighted by molar-refractivity contribution is 7.15. The predicted molar refractivity (Wildman–Crippen MR) is 62.8 cm³/mol. The number of anilines is 1. The third kappa shape index (κ3) is 3.06. The van der Waals surface area contributed by atoms with E-state index in [1.807, 2.05) is 0 Å². The van der Waals surface area contributed by atoms with E-state index >= 15 is 0 Å². The van der Waals surface area contributed by atoms with Crippen LogP contribution in [0.5, 0.6) is 0 Å². The van der Waals surface area contributed by atoms with Gasteiger partial charge in [-0.2, -0.15) is 15.4 Å². The summed E-state index contributed by atoms with van der Waals surface area (Å²) in [6.45, 7) is 4.21. The zero-order chi connectivity index (χ0) is 12.3. The first-order valence-electron chi connectivity index (χ1n) is 5.14. The third-order valence-electron chi connectivity index (χ3n) is 1.92.